The highest BCUT2D eigenvalue weighted by Crippen LogP contribution is 2.32. The fourth-order valence-corrected chi connectivity index (χ4v) is 3.78. The van der Waals surface area contributed by atoms with Crippen LogP contribution in [0.1, 0.15) is 24.8 Å². The molecule has 0 aromatic heterocycles. The maximum absolute atomic E-state index is 13.6. The first kappa shape index (κ1) is 18.1. The van der Waals surface area contributed by atoms with Gasteiger partial charge in [-0.1, -0.05) is 18.2 Å². The average Bonchev–Trinajstić information content (AvgIpc) is 3.17. The number of nitrogens with zero attached hydrogens (tertiary/aromatic N) is 1. The minimum absolute atomic E-state index is 0.282. The summed E-state index contributed by atoms with van der Waals surface area (Å²) in [5.74, 6) is 2.45. The molecule has 0 unspecified atom stereocenters. The summed E-state index contributed by atoms with van der Waals surface area (Å²) in [7, 11) is 0. The summed E-state index contributed by atoms with van der Waals surface area (Å²) in [6.07, 6.45) is 4.38. The van der Waals surface area contributed by atoms with Crippen molar-refractivity contribution >= 4 is 0 Å². The summed E-state index contributed by atoms with van der Waals surface area (Å²) in [5.41, 5.74) is 1.29. The van der Waals surface area contributed by atoms with Crippen molar-refractivity contribution in [2.75, 3.05) is 33.0 Å². The molecule has 0 radical (unpaired) electrons. The molecular weight excluding hydrogens is 345 g/mol. The molecule has 0 saturated carbocycles. The Morgan fingerprint density at radius 3 is 2.70 bits per heavy atom. The minimum Gasteiger partial charge on any atom is -0.491 e. The van der Waals surface area contributed by atoms with Crippen LogP contribution < -0.4 is 14.2 Å². The Hall–Kier alpha value is -2.27. The highest BCUT2D eigenvalue weighted by Gasteiger charge is 2.20. The van der Waals surface area contributed by atoms with Crippen LogP contribution in [-0.4, -0.2) is 37.9 Å². The first-order valence-electron chi connectivity index (χ1n) is 9.76. The van der Waals surface area contributed by atoms with Gasteiger partial charge in [0.1, 0.15) is 0 Å². The number of piperidine rings is 1. The van der Waals surface area contributed by atoms with Crippen LogP contribution in [0.15, 0.2) is 42.5 Å². The van der Waals surface area contributed by atoms with Gasteiger partial charge in [0.05, 0.1) is 6.61 Å². The summed E-state index contributed by atoms with van der Waals surface area (Å²) < 4.78 is 30.0. The molecule has 2 aliphatic heterocycles. The molecule has 5 heteroatoms. The van der Waals surface area contributed by atoms with Crippen molar-refractivity contribution in [2.45, 2.75) is 25.7 Å². The highest BCUT2D eigenvalue weighted by atomic mass is 19.1. The standard InChI is InChI=1S/C22H26FNO3/c23-19-3-1-2-4-20(19)25-14-10-17-7-11-24(12-8-17)13-9-18-5-6-21-22(15-18)27-16-26-21/h1-6,15,17H,7-14,16H2. The zero-order valence-electron chi connectivity index (χ0n) is 15.5. The molecule has 0 atom stereocenters. The van der Waals surface area contributed by atoms with Crippen LogP contribution in [-0.2, 0) is 6.42 Å². The van der Waals surface area contributed by atoms with Gasteiger partial charge in [0.2, 0.25) is 6.79 Å². The molecule has 4 nitrogen and oxygen atoms in total. The summed E-state index contributed by atoms with van der Waals surface area (Å²) in [5, 5.41) is 0. The van der Waals surface area contributed by atoms with E-state index >= 15 is 0 Å². The highest BCUT2D eigenvalue weighted by molar-refractivity contribution is 5.44. The van der Waals surface area contributed by atoms with Crippen molar-refractivity contribution in [1.82, 2.24) is 4.90 Å². The lowest BCUT2D eigenvalue weighted by Crippen LogP contribution is -2.35. The van der Waals surface area contributed by atoms with Crippen molar-refractivity contribution < 1.29 is 18.6 Å². The van der Waals surface area contributed by atoms with Crippen molar-refractivity contribution in [3.05, 3.63) is 53.8 Å². The Bertz CT molecular complexity index is 759. The van der Waals surface area contributed by atoms with Crippen molar-refractivity contribution in [3.8, 4) is 17.2 Å². The number of hydrogen-bond donors (Lipinski definition) is 0. The third-order valence-corrected chi connectivity index (χ3v) is 5.48. The maximum Gasteiger partial charge on any atom is 0.231 e. The van der Waals surface area contributed by atoms with E-state index in [9.17, 15) is 4.39 Å². The van der Waals surface area contributed by atoms with E-state index in [0.29, 0.717) is 25.1 Å². The Kier molecular flexibility index (Phi) is 5.78. The molecule has 0 N–H and O–H groups in total. The van der Waals surface area contributed by atoms with E-state index in [4.69, 9.17) is 14.2 Å². The van der Waals surface area contributed by atoms with Gasteiger partial charge in [-0.25, -0.2) is 4.39 Å². The minimum atomic E-state index is -0.282. The van der Waals surface area contributed by atoms with Crippen LogP contribution >= 0.6 is 0 Å². The fourth-order valence-electron chi connectivity index (χ4n) is 3.78. The second-order valence-corrected chi connectivity index (χ2v) is 7.29. The molecule has 0 aliphatic carbocycles. The molecular formula is C22H26FNO3. The number of benzene rings is 2. The van der Waals surface area contributed by atoms with Crippen LogP contribution in [0.5, 0.6) is 17.2 Å². The van der Waals surface area contributed by atoms with Crippen molar-refractivity contribution in [1.29, 1.82) is 0 Å². The van der Waals surface area contributed by atoms with E-state index < -0.39 is 0 Å². The summed E-state index contributed by atoms with van der Waals surface area (Å²) in [4.78, 5) is 2.53. The fraction of sp³-hybridized carbons (Fsp3) is 0.455. The SMILES string of the molecule is Fc1ccccc1OCCC1CCN(CCc2ccc3c(c2)OCO3)CC1. The topological polar surface area (TPSA) is 30.9 Å². The zero-order chi connectivity index (χ0) is 18.5. The average molecular weight is 371 g/mol. The van der Waals surface area contributed by atoms with Crippen molar-refractivity contribution in [3.63, 3.8) is 0 Å². The number of hydrogen-bond acceptors (Lipinski definition) is 4. The lowest BCUT2D eigenvalue weighted by atomic mass is 9.93. The lowest BCUT2D eigenvalue weighted by Gasteiger charge is -2.32. The second-order valence-electron chi connectivity index (χ2n) is 7.29. The van der Waals surface area contributed by atoms with Gasteiger partial charge in [0.15, 0.2) is 23.1 Å². The number of fused-ring (bicyclic) bond motifs is 1. The second kappa shape index (κ2) is 8.61. The Labute approximate surface area is 159 Å². The Morgan fingerprint density at radius 2 is 1.85 bits per heavy atom. The van der Waals surface area contributed by atoms with E-state index in [0.717, 1.165) is 44.0 Å². The van der Waals surface area contributed by atoms with Gasteiger partial charge in [-0.15, -0.1) is 0 Å². The zero-order valence-corrected chi connectivity index (χ0v) is 15.5. The Morgan fingerprint density at radius 1 is 1.04 bits per heavy atom. The molecule has 1 saturated heterocycles. The van der Waals surface area contributed by atoms with Gasteiger partial charge in [-0.3, -0.25) is 0 Å². The van der Waals surface area contributed by atoms with Gasteiger partial charge in [-0.05, 0) is 74.5 Å². The van der Waals surface area contributed by atoms with Crippen molar-refractivity contribution in [2.24, 2.45) is 5.92 Å². The number of ether oxygens (including phenoxy) is 3. The molecule has 2 aliphatic rings. The molecule has 2 aromatic carbocycles. The number of para-hydroxylation sites is 1. The van der Waals surface area contributed by atoms with Gasteiger partial charge >= 0.3 is 0 Å². The number of halogens is 1. The van der Waals surface area contributed by atoms with E-state index in [2.05, 4.69) is 17.0 Å². The van der Waals surface area contributed by atoms with E-state index in [1.165, 1.54) is 24.5 Å². The third-order valence-electron chi connectivity index (χ3n) is 5.48. The number of rotatable bonds is 7. The van der Waals surface area contributed by atoms with Gasteiger partial charge in [-0.2, -0.15) is 0 Å². The normalized spacial score (nSPS) is 17.2. The molecule has 0 bridgehead atoms. The molecule has 0 spiro atoms. The van der Waals surface area contributed by atoms with Crippen LogP contribution in [0.4, 0.5) is 4.39 Å². The van der Waals surface area contributed by atoms with Crippen LogP contribution in [0.25, 0.3) is 0 Å². The third kappa shape index (κ3) is 4.72. The molecule has 0 amide bonds. The molecule has 144 valence electrons. The first-order chi connectivity index (χ1) is 13.3. The van der Waals surface area contributed by atoms with E-state index in [-0.39, 0.29) is 5.82 Å². The first-order valence-corrected chi connectivity index (χ1v) is 9.76. The van der Waals surface area contributed by atoms with E-state index in [1.54, 1.807) is 18.2 Å². The predicted molar refractivity (Wildman–Crippen MR) is 102 cm³/mol. The smallest absolute Gasteiger partial charge is 0.231 e. The molecule has 2 heterocycles. The van der Waals surface area contributed by atoms with Gasteiger partial charge < -0.3 is 19.1 Å². The van der Waals surface area contributed by atoms with Crippen LogP contribution in [0.3, 0.4) is 0 Å². The van der Waals surface area contributed by atoms with Crippen LogP contribution in [0, 0.1) is 11.7 Å². The molecule has 27 heavy (non-hydrogen) atoms. The number of likely N-dealkylation sites (tertiary alicyclic amines) is 1. The molecule has 4 rings (SSSR count). The quantitative estimate of drug-likeness (QED) is 0.727. The summed E-state index contributed by atoms with van der Waals surface area (Å²) in [6.45, 7) is 4.22. The summed E-state index contributed by atoms with van der Waals surface area (Å²) >= 11 is 0. The predicted octanol–water partition coefficient (Wildman–Crippen LogP) is 4.28. The van der Waals surface area contributed by atoms with Gasteiger partial charge in [0.25, 0.3) is 0 Å². The Balaban J connectivity index is 1.15. The molecule has 2 aromatic rings. The maximum atomic E-state index is 13.6. The van der Waals surface area contributed by atoms with Crippen LogP contribution in [0.2, 0.25) is 0 Å². The largest absolute Gasteiger partial charge is 0.491 e. The van der Waals surface area contributed by atoms with E-state index in [1.807, 2.05) is 6.07 Å². The monoisotopic (exact) mass is 371 g/mol. The van der Waals surface area contributed by atoms with Gasteiger partial charge in [0, 0.05) is 6.54 Å². The summed E-state index contributed by atoms with van der Waals surface area (Å²) in [6, 6.07) is 12.8. The molecule has 1 fully saturated rings. The lowest BCUT2D eigenvalue weighted by molar-refractivity contribution is 0.163.